The third kappa shape index (κ3) is 3.17. The van der Waals surface area contributed by atoms with Gasteiger partial charge in [0.05, 0.1) is 16.6 Å². The van der Waals surface area contributed by atoms with Gasteiger partial charge in [0, 0.05) is 5.02 Å². The van der Waals surface area contributed by atoms with E-state index in [2.05, 4.69) is 0 Å². The van der Waals surface area contributed by atoms with Gasteiger partial charge in [0.25, 0.3) is 5.56 Å². The van der Waals surface area contributed by atoms with Crippen molar-refractivity contribution < 1.29 is 0 Å². The maximum atomic E-state index is 13.1. The first-order valence-electron chi connectivity index (χ1n) is 8.23. The van der Waals surface area contributed by atoms with E-state index in [1.165, 1.54) is 0 Å². The van der Waals surface area contributed by atoms with E-state index in [4.69, 9.17) is 16.6 Å². The molecule has 3 nitrogen and oxygen atoms in total. The molecule has 0 saturated carbocycles. The van der Waals surface area contributed by atoms with Crippen molar-refractivity contribution in [3.8, 4) is 5.69 Å². The van der Waals surface area contributed by atoms with E-state index in [1.54, 1.807) is 22.8 Å². The highest BCUT2D eigenvalue weighted by Gasteiger charge is 2.11. The molecule has 1 aromatic heterocycles. The minimum absolute atomic E-state index is 0.120. The molecule has 26 heavy (non-hydrogen) atoms. The number of benzene rings is 3. The first-order chi connectivity index (χ1) is 12.7. The van der Waals surface area contributed by atoms with Gasteiger partial charge in [-0.3, -0.25) is 9.36 Å². The van der Waals surface area contributed by atoms with Gasteiger partial charge >= 0.3 is 0 Å². The summed E-state index contributed by atoms with van der Waals surface area (Å²) in [4.78, 5) is 17.8. The molecule has 0 N–H and O–H groups in total. The minimum Gasteiger partial charge on any atom is -0.268 e. The van der Waals surface area contributed by atoms with Gasteiger partial charge in [-0.25, -0.2) is 4.98 Å². The monoisotopic (exact) mass is 358 g/mol. The second-order valence-corrected chi connectivity index (χ2v) is 6.29. The fourth-order valence-corrected chi connectivity index (χ4v) is 3.05. The number of hydrogen-bond donors (Lipinski definition) is 0. The van der Waals surface area contributed by atoms with Crippen LogP contribution in [0.25, 0.3) is 28.7 Å². The van der Waals surface area contributed by atoms with Crippen LogP contribution in [0.2, 0.25) is 5.02 Å². The zero-order valence-electron chi connectivity index (χ0n) is 13.8. The second-order valence-electron chi connectivity index (χ2n) is 5.85. The smallest absolute Gasteiger partial charge is 0.266 e. The molecular weight excluding hydrogens is 344 g/mol. The van der Waals surface area contributed by atoms with Crippen LogP contribution in [0.3, 0.4) is 0 Å². The molecule has 0 bridgehead atoms. The Balaban J connectivity index is 1.97. The highest BCUT2D eigenvalue weighted by Crippen LogP contribution is 2.18. The molecule has 0 aliphatic rings. The van der Waals surface area contributed by atoms with Crippen LogP contribution in [0.5, 0.6) is 0 Å². The molecule has 4 aromatic rings. The SMILES string of the molecule is O=c1c2ccccc2nc(C=Cc2ccccc2)n1-c1cccc(Cl)c1. The Labute approximate surface area is 155 Å². The molecule has 0 unspecified atom stereocenters. The van der Waals surface area contributed by atoms with Crippen molar-refractivity contribution in [2.24, 2.45) is 0 Å². The lowest BCUT2D eigenvalue weighted by Crippen LogP contribution is -2.22. The molecule has 3 aromatic carbocycles. The van der Waals surface area contributed by atoms with Crippen molar-refractivity contribution >= 4 is 34.7 Å². The predicted octanol–water partition coefficient (Wildman–Crippen LogP) is 5.21. The molecule has 1 heterocycles. The zero-order chi connectivity index (χ0) is 17.9. The Morgan fingerprint density at radius 1 is 0.846 bits per heavy atom. The van der Waals surface area contributed by atoms with Gasteiger partial charge in [-0.05, 0) is 42.0 Å². The third-order valence-corrected chi connectivity index (χ3v) is 4.33. The van der Waals surface area contributed by atoms with Crippen LogP contribution in [0.1, 0.15) is 11.4 Å². The van der Waals surface area contributed by atoms with E-state index in [1.807, 2.05) is 72.8 Å². The van der Waals surface area contributed by atoms with Crippen LogP contribution in [-0.4, -0.2) is 9.55 Å². The van der Waals surface area contributed by atoms with E-state index < -0.39 is 0 Å². The predicted molar refractivity (Wildman–Crippen MR) is 108 cm³/mol. The van der Waals surface area contributed by atoms with E-state index in [0.717, 1.165) is 5.56 Å². The molecule has 0 radical (unpaired) electrons. The van der Waals surface area contributed by atoms with Gasteiger partial charge in [-0.2, -0.15) is 0 Å². The standard InChI is InChI=1S/C22H15ClN2O/c23-17-9-6-10-18(15-17)25-21(14-13-16-7-2-1-3-8-16)24-20-12-5-4-11-19(20)22(25)26/h1-15H. The molecule has 0 spiro atoms. The Morgan fingerprint density at radius 2 is 1.62 bits per heavy atom. The maximum absolute atomic E-state index is 13.1. The average Bonchev–Trinajstić information content (AvgIpc) is 2.67. The first-order valence-corrected chi connectivity index (χ1v) is 8.61. The summed E-state index contributed by atoms with van der Waals surface area (Å²) >= 11 is 6.14. The average molecular weight is 359 g/mol. The highest BCUT2D eigenvalue weighted by atomic mass is 35.5. The molecule has 0 saturated heterocycles. The fraction of sp³-hybridized carbons (Fsp3) is 0. The minimum atomic E-state index is -0.120. The number of halogens is 1. The normalized spacial score (nSPS) is 11.3. The topological polar surface area (TPSA) is 34.9 Å². The lowest BCUT2D eigenvalue weighted by Gasteiger charge is -2.11. The molecule has 126 valence electrons. The Kier molecular flexibility index (Phi) is 4.38. The van der Waals surface area contributed by atoms with Crippen molar-refractivity contribution in [1.29, 1.82) is 0 Å². The molecule has 0 atom stereocenters. The summed E-state index contributed by atoms with van der Waals surface area (Å²) in [5.41, 5.74) is 2.27. The molecule has 0 aliphatic heterocycles. The Hall–Kier alpha value is -3.17. The van der Waals surface area contributed by atoms with Crippen LogP contribution in [0.4, 0.5) is 0 Å². The van der Waals surface area contributed by atoms with Gasteiger partial charge in [-0.1, -0.05) is 66.2 Å². The Bertz CT molecular complexity index is 1160. The second kappa shape index (κ2) is 6.98. The van der Waals surface area contributed by atoms with Crippen molar-refractivity contribution in [3.05, 3.63) is 106 Å². The van der Waals surface area contributed by atoms with E-state index >= 15 is 0 Å². The number of hydrogen-bond acceptors (Lipinski definition) is 2. The van der Waals surface area contributed by atoms with Gasteiger partial charge in [0.2, 0.25) is 0 Å². The van der Waals surface area contributed by atoms with Crippen molar-refractivity contribution in [1.82, 2.24) is 9.55 Å². The van der Waals surface area contributed by atoms with E-state index in [0.29, 0.717) is 27.4 Å². The quantitative estimate of drug-likeness (QED) is 0.504. The largest absolute Gasteiger partial charge is 0.268 e. The Morgan fingerprint density at radius 3 is 2.42 bits per heavy atom. The summed E-state index contributed by atoms with van der Waals surface area (Å²) in [5.74, 6) is 0.555. The number of fused-ring (bicyclic) bond motifs is 1. The van der Waals surface area contributed by atoms with Crippen LogP contribution < -0.4 is 5.56 Å². The van der Waals surface area contributed by atoms with Crippen molar-refractivity contribution in [2.75, 3.05) is 0 Å². The van der Waals surface area contributed by atoms with Crippen LogP contribution >= 0.6 is 11.6 Å². The van der Waals surface area contributed by atoms with Gasteiger partial charge in [0.1, 0.15) is 5.82 Å². The van der Waals surface area contributed by atoms with Crippen LogP contribution in [0, 0.1) is 0 Å². The van der Waals surface area contributed by atoms with Crippen molar-refractivity contribution in [2.45, 2.75) is 0 Å². The molecule has 0 aliphatic carbocycles. The summed E-state index contributed by atoms with van der Waals surface area (Å²) in [6.45, 7) is 0. The lowest BCUT2D eigenvalue weighted by molar-refractivity contribution is 0.944. The van der Waals surface area contributed by atoms with Gasteiger partial charge in [0.15, 0.2) is 0 Å². The fourth-order valence-electron chi connectivity index (χ4n) is 2.86. The van der Waals surface area contributed by atoms with Gasteiger partial charge in [-0.15, -0.1) is 0 Å². The zero-order valence-corrected chi connectivity index (χ0v) is 14.6. The van der Waals surface area contributed by atoms with Crippen molar-refractivity contribution in [3.63, 3.8) is 0 Å². The third-order valence-electron chi connectivity index (χ3n) is 4.09. The summed E-state index contributed by atoms with van der Waals surface area (Å²) in [5, 5.41) is 1.14. The van der Waals surface area contributed by atoms with E-state index in [-0.39, 0.29) is 5.56 Å². The number of para-hydroxylation sites is 1. The molecular formula is C22H15ClN2O. The van der Waals surface area contributed by atoms with Gasteiger partial charge < -0.3 is 0 Å². The summed E-state index contributed by atoms with van der Waals surface area (Å²) < 4.78 is 1.59. The maximum Gasteiger partial charge on any atom is 0.266 e. The molecule has 4 rings (SSSR count). The summed E-state index contributed by atoms with van der Waals surface area (Å²) in [6.07, 6.45) is 3.79. The number of aromatic nitrogens is 2. The first kappa shape index (κ1) is 16.3. The van der Waals surface area contributed by atoms with E-state index in [9.17, 15) is 4.79 Å². The van der Waals surface area contributed by atoms with Crippen LogP contribution in [0.15, 0.2) is 83.7 Å². The summed E-state index contributed by atoms with van der Waals surface area (Å²) in [6, 6.07) is 24.5. The lowest BCUT2D eigenvalue weighted by atomic mass is 10.2. The highest BCUT2D eigenvalue weighted by molar-refractivity contribution is 6.30. The summed E-state index contributed by atoms with van der Waals surface area (Å²) in [7, 11) is 0. The molecule has 0 fully saturated rings. The van der Waals surface area contributed by atoms with Crippen LogP contribution in [-0.2, 0) is 0 Å². The number of rotatable bonds is 3. The molecule has 0 amide bonds. The molecule has 4 heteroatoms. The number of nitrogens with zero attached hydrogens (tertiary/aromatic N) is 2.